The molecule has 2 fully saturated rings. The molecule has 2 heterocycles. The van der Waals surface area contributed by atoms with Gasteiger partial charge in [0, 0.05) is 0 Å². The van der Waals surface area contributed by atoms with Crippen LogP contribution in [-0.2, 0) is 14.2 Å². The van der Waals surface area contributed by atoms with Crippen LogP contribution in [0.2, 0.25) is 0 Å². The monoisotopic (exact) mass is 296 g/mol. The zero-order valence-corrected chi connectivity index (χ0v) is 10.8. The Balaban J connectivity index is 2.01. The normalized spacial score (nSPS) is 53.9. The summed E-state index contributed by atoms with van der Waals surface area (Å²) in [5.74, 6) is 0. The van der Waals surface area contributed by atoms with Crippen molar-refractivity contribution in [2.45, 2.75) is 62.2 Å². The van der Waals surface area contributed by atoms with Gasteiger partial charge in [0.25, 0.3) is 0 Å². The Hall–Kier alpha value is -0.360. The summed E-state index contributed by atoms with van der Waals surface area (Å²) in [4.78, 5) is 0. The van der Waals surface area contributed by atoms with E-state index < -0.39 is 55.3 Å². The third-order valence-electron chi connectivity index (χ3n) is 3.55. The van der Waals surface area contributed by atoms with Gasteiger partial charge in [-0.3, -0.25) is 0 Å². The van der Waals surface area contributed by atoms with Crippen LogP contribution in [0, 0.1) is 0 Å². The molecule has 20 heavy (non-hydrogen) atoms. The molecule has 0 radical (unpaired) electrons. The zero-order chi connectivity index (χ0) is 15.0. The van der Waals surface area contributed by atoms with Crippen molar-refractivity contribution in [1.82, 2.24) is 0 Å². The highest BCUT2D eigenvalue weighted by Gasteiger charge is 2.47. The fourth-order valence-electron chi connectivity index (χ4n) is 2.22. The van der Waals surface area contributed by atoms with Gasteiger partial charge in [0.05, 0.1) is 12.7 Å². The van der Waals surface area contributed by atoms with Crippen molar-refractivity contribution in [3.05, 3.63) is 0 Å². The van der Waals surface area contributed by atoms with E-state index in [2.05, 4.69) is 0 Å². The topological polar surface area (TPSA) is 149 Å². The minimum absolute atomic E-state index is 0.276. The average molecular weight is 296 g/mol. The highest BCUT2D eigenvalue weighted by atomic mass is 16.7. The van der Waals surface area contributed by atoms with Crippen LogP contribution in [0.25, 0.3) is 0 Å². The zero-order valence-electron chi connectivity index (χ0n) is 10.8. The van der Waals surface area contributed by atoms with E-state index >= 15 is 0 Å². The first-order chi connectivity index (χ1) is 9.32. The van der Waals surface area contributed by atoms with Gasteiger partial charge in [0.15, 0.2) is 12.6 Å². The average Bonchev–Trinajstić information content (AvgIpc) is 2.41. The quantitative estimate of drug-likeness (QED) is 0.302. The molecule has 2 aliphatic heterocycles. The summed E-state index contributed by atoms with van der Waals surface area (Å²) in [5, 5.41) is 57.7. The molecule has 0 aromatic rings. The van der Waals surface area contributed by atoms with Gasteiger partial charge in [-0.1, -0.05) is 0 Å². The number of hydrogen-bond donors (Lipinski definition) is 6. The predicted octanol–water partition coefficient (Wildman–Crippen LogP) is -3.73. The molecule has 0 saturated carbocycles. The second-order valence-electron chi connectivity index (χ2n) is 5.06. The van der Waals surface area contributed by atoms with Crippen molar-refractivity contribution in [3.8, 4) is 0 Å². The van der Waals surface area contributed by atoms with Crippen molar-refractivity contribution in [2.24, 2.45) is 0 Å². The van der Waals surface area contributed by atoms with Crippen molar-refractivity contribution in [3.63, 3.8) is 0 Å². The van der Waals surface area contributed by atoms with Gasteiger partial charge < -0.3 is 44.8 Å². The molecule has 0 bridgehead atoms. The smallest absolute Gasteiger partial charge is 0.186 e. The number of ether oxygens (including phenoxy) is 3. The van der Waals surface area contributed by atoms with Gasteiger partial charge >= 0.3 is 0 Å². The van der Waals surface area contributed by atoms with Crippen LogP contribution in [-0.4, -0.2) is 92.6 Å². The maximum atomic E-state index is 9.85. The summed E-state index contributed by atoms with van der Waals surface area (Å²) in [7, 11) is 0. The lowest BCUT2D eigenvalue weighted by molar-refractivity contribution is -0.346. The van der Waals surface area contributed by atoms with Gasteiger partial charge in [0.2, 0.25) is 0 Å². The van der Waals surface area contributed by atoms with E-state index in [1.807, 2.05) is 0 Å². The van der Waals surface area contributed by atoms with Gasteiger partial charge in [-0.15, -0.1) is 0 Å². The molecule has 0 aliphatic carbocycles. The van der Waals surface area contributed by atoms with Gasteiger partial charge in [-0.05, 0) is 6.92 Å². The molecule has 1 unspecified atom stereocenters. The SMILES string of the molecule is C[C@@H]1OC(O)[C@H](O[C@@H]2OC[C@@H](O)[C@H](O)[C@H]2O)[C@H](O)[C@H]1O. The molecule has 0 amide bonds. The molecule has 0 spiro atoms. The lowest BCUT2D eigenvalue weighted by Gasteiger charge is -2.42. The van der Waals surface area contributed by atoms with E-state index in [1.165, 1.54) is 6.92 Å². The second kappa shape index (κ2) is 6.18. The van der Waals surface area contributed by atoms with Gasteiger partial charge in [0.1, 0.15) is 36.6 Å². The largest absolute Gasteiger partial charge is 0.388 e. The van der Waals surface area contributed by atoms with Crippen molar-refractivity contribution in [1.29, 1.82) is 0 Å². The summed E-state index contributed by atoms with van der Waals surface area (Å²) >= 11 is 0. The fraction of sp³-hybridized carbons (Fsp3) is 1.00. The molecule has 9 heteroatoms. The lowest BCUT2D eigenvalue weighted by atomic mass is 9.99. The van der Waals surface area contributed by atoms with Crippen LogP contribution in [0.3, 0.4) is 0 Å². The van der Waals surface area contributed by atoms with Crippen molar-refractivity contribution < 1.29 is 44.8 Å². The summed E-state index contributed by atoms with van der Waals surface area (Å²) in [6.45, 7) is 1.20. The number of hydrogen-bond acceptors (Lipinski definition) is 9. The maximum Gasteiger partial charge on any atom is 0.186 e. The molecule has 2 saturated heterocycles. The fourth-order valence-corrected chi connectivity index (χ4v) is 2.22. The molecular weight excluding hydrogens is 276 g/mol. The standard InChI is InChI=1S/C11H20O9/c1-3-5(13)7(15)9(10(17)19-3)20-11-8(16)6(14)4(12)2-18-11/h3-17H,2H2,1H3/t3-,4+,5-,6-,7+,8+,9+,10?,11-/m0/s1. The highest BCUT2D eigenvalue weighted by molar-refractivity contribution is 4.90. The second-order valence-corrected chi connectivity index (χ2v) is 5.06. The van der Waals surface area contributed by atoms with E-state index in [1.54, 1.807) is 0 Å². The van der Waals surface area contributed by atoms with Crippen LogP contribution < -0.4 is 0 Å². The van der Waals surface area contributed by atoms with E-state index in [0.717, 1.165) is 0 Å². The predicted molar refractivity (Wildman–Crippen MR) is 61.2 cm³/mol. The van der Waals surface area contributed by atoms with E-state index in [-0.39, 0.29) is 6.61 Å². The third-order valence-corrected chi connectivity index (χ3v) is 3.55. The summed E-state index contributed by atoms with van der Waals surface area (Å²) in [6.07, 6.45) is -12.1. The first-order valence-electron chi connectivity index (χ1n) is 6.34. The Kier molecular flexibility index (Phi) is 4.95. The first-order valence-corrected chi connectivity index (χ1v) is 6.34. The number of rotatable bonds is 2. The molecule has 118 valence electrons. The van der Waals surface area contributed by atoms with Crippen LogP contribution in [0.15, 0.2) is 0 Å². The third kappa shape index (κ3) is 2.96. The van der Waals surface area contributed by atoms with Crippen LogP contribution >= 0.6 is 0 Å². The minimum atomic E-state index is -1.56. The van der Waals surface area contributed by atoms with E-state index in [4.69, 9.17) is 14.2 Å². The highest BCUT2D eigenvalue weighted by Crippen LogP contribution is 2.26. The van der Waals surface area contributed by atoms with Crippen LogP contribution in [0.1, 0.15) is 6.92 Å². The van der Waals surface area contributed by atoms with E-state index in [0.29, 0.717) is 0 Å². The van der Waals surface area contributed by atoms with E-state index in [9.17, 15) is 30.6 Å². The molecule has 2 rings (SSSR count). The van der Waals surface area contributed by atoms with Crippen LogP contribution in [0.4, 0.5) is 0 Å². The maximum absolute atomic E-state index is 9.85. The number of aliphatic hydroxyl groups excluding tert-OH is 6. The summed E-state index contributed by atoms with van der Waals surface area (Å²) in [5.41, 5.74) is 0. The molecule has 9 nitrogen and oxygen atoms in total. The van der Waals surface area contributed by atoms with Gasteiger partial charge in [-0.2, -0.15) is 0 Å². The Morgan fingerprint density at radius 1 is 0.900 bits per heavy atom. The van der Waals surface area contributed by atoms with Crippen LogP contribution in [0.5, 0.6) is 0 Å². The lowest BCUT2D eigenvalue weighted by Crippen LogP contribution is -2.61. The summed E-state index contributed by atoms with van der Waals surface area (Å²) < 4.78 is 15.1. The molecular formula is C11H20O9. The molecule has 6 N–H and O–H groups in total. The van der Waals surface area contributed by atoms with Crippen molar-refractivity contribution >= 4 is 0 Å². The van der Waals surface area contributed by atoms with Gasteiger partial charge in [-0.25, -0.2) is 0 Å². The Labute approximate surface area is 114 Å². The first kappa shape index (κ1) is 16.0. The summed E-state index contributed by atoms with van der Waals surface area (Å²) in [6, 6.07) is 0. The van der Waals surface area contributed by atoms with Crippen molar-refractivity contribution in [2.75, 3.05) is 6.61 Å². The molecule has 2 aliphatic rings. The molecule has 0 aromatic carbocycles. The Morgan fingerprint density at radius 2 is 1.55 bits per heavy atom. The molecule has 0 aromatic heterocycles. The minimum Gasteiger partial charge on any atom is -0.388 e. The molecule has 9 atom stereocenters. The Morgan fingerprint density at radius 3 is 2.20 bits per heavy atom. The Bertz CT molecular complexity index is 327. The number of aliphatic hydroxyl groups is 6.